The van der Waals surface area contributed by atoms with Crippen LogP contribution in [0.15, 0.2) is 48.5 Å². The summed E-state index contributed by atoms with van der Waals surface area (Å²) in [5.41, 5.74) is 0.454. The number of alkyl halides is 1. The van der Waals surface area contributed by atoms with E-state index in [0.717, 1.165) is 57.1 Å². The summed E-state index contributed by atoms with van der Waals surface area (Å²) in [5.74, 6) is 1.07. The SMILES string of the molecule is CCCCCOc1ccc(C(=O)Oc2ccc(OCC3CCC(OC(=O)[C@@H](F)CCCC)CC3)cc2)cc1. The van der Waals surface area contributed by atoms with Gasteiger partial charge in [0.05, 0.1) is 18.8 Å². The number of carbonyl (C=O) groups excluding carboxylic acids is 2. The number of unbranched alkanes of at least 4 members (excludes halogenated alkanes) is 3. The molecule has 2 aromatic rings. The monoisotopic (exact) mass is 528 g/mol. The Balaban J connectivity index is 1.35. The molecule has 3 rings (SSSR count). The van der Waals surface area contributed by atoms with Crippen molar-refractivity contribution in [1.29, 1.82) is 0 Å². The Hall–Kier alpha value is -3.09. The predicted octanol–water partition coefficient (Wildman–Crippen LogP) is 7.48. The molecule has 6 nitrogen and oxygen atoms in total. The molecule has 2 aromatic carbocycles. The van der Waals surface area contributed by atoms with Crippen LogP contribution in [0.2, 0.25) is 0 Å². The number of esters is 2. The van der Waals surface area contributed by atoms with E-state index in [1.165, 1.54) is 0 Å². The van der Waals surface area contributed by atoms with E-state index in [4.69, 9.17) is 18.9 Å². The molecule has 0 aliphatic heterocycles. The molecule has 38 heavy (non-hydrogen) atoms. The predicted molar refractivity (Wildman–Crippen MR) is 145 cm³/mol. The normalized spacial score (nSPS) is 17.9. The lowest BCUT2D eigenvalue weighted by Gasteiger charge is -2.28. The highest BCUT2D eigenvalue weighted by Crippen LogP contribution is 2.28. The van der Waals surface area contributed by atoms with Crippen LogP contribution in [0, 0.1) is 5.92 Å². The Labute approximate surface area is 225 Å². The van der Waals surface area contributed by atoms with E-state index in [9.17, 15) is 14.0 Å². The lowest BCUT2D eigenvalue weighted by atomic mass is 9.88. The molecular formula is C31H41FO6. The van der Waals surface area contributed by atoms with Crippen LogP contribution in [-0.4, -0.2) is 37.4 Å². The van der Waals surface area contributed by atoms with Gasteiger partial charge in [-0.1, -0.05) is 39.5 Å². The van der Waals surface area contributed by atoms with Crippen molar-refractivity contribution in [2.24, 2.45) is 5.92 Å². The van der Waals surface area contributed by atoms with Gasteiger partial charge in [-0.3, -0.25) is 0 Å². The van der Waals surface area contributed by atoms with E-state index in [1.807, 2.05) is 6.92 Å². The van der Waals surface area contributed by atoms with Crippen molar-refractivity contribution in [2.75, 3.05) is 13.2 Å². The summed E-state index contributed by atoms with van der Waals surface area (Å²) >= 11 is 0. The Morgan fingerprint density at radius 2 is 1.42 bits per heavy atom. The lowest BCUT2D eigenvalue weighted by Crippen LogP contribution is -2.30. The van der Waals surface area contributed by atoms with E-state index >= 15 is 0 Å². The number of rotatable bonds is 15. The van der Waals surface area contributed by atoms with Crippen LogP contribution in [0.25, 0.3) is 0 Å². The first-order valence-electron chi connectivity index (χ1n) is 14.0. The molecule has 1 aliphatic carbocycles. The van der Waals surface area contributed by atoms with Gasteiger partial charge >= 0.3 is 11.9 Å². The number of carbonyl (C=O) groups is 2. The second-order valence-electron chi connectivity index (χ2n) is 9.94. The zero-order valence-corrected chi connectivity index (χ0v) is 22.7. The van der Waals surface area contributed by atoms with Gasteiger partial charge in [-0.2, -0.15) is 0 Å². The fourth-order valence-electron chi connectivity index (χ4n) is 4.37. The minimum atomic E-state index is -1.52. The molecule has 0 bridgehead atoms. The number of ether oxygens (including phenoxy) is 4. The summed E-state index contributed by atoms with van der Waals surface area (Å²) < 4.78 is 36.3. The van der Waals surface area contributed by atoms with Crippen LogP contribution in [0.5, 0.6) is 17.2 Å². The van der Waals surface area contributed by atoms with Gasteiger partial charge in [0.1, 0.15) is 23.4 Å². The lowest BCUT2D eigenvalue weighted by molar-refractivity contribution is -0.157. The van der Waals surface area contributed by atoms with Gasteiger partial charge in [-0.05, 0) is 93.0 Å². The molecule has 0 heterocycles. The van der Waals surface area contributed by atoms with Crippen LogP contribution >= 0.6 is 0 Å². The minimum Gasteiger partial charge on any atom is -0.494 e. The van der Waals surface area contributed by atoms with Gasteiger partial charge in [0, 0.05) is 0 Å². The second-order valence-corrected chi connectivity index (χ2v) is 9.94. The van der Waals surface area contributed by atoms with E-state index in [-0.39, 0.29) is 12.5 Å². The third-order valence-corrected chi connectivity index (χ3v) is 6.77. The molecule has 0 saturated heterocycles. The summed E-state index contributed by atoms with van der Waals surface area (Å²) in [6.45, 7) is 5.34. The number of hydrogen-bond donors (Lipinski definition) is 0. The number of hydrogen-bond acceptors (Lipinski definition) is 6. The highest BCUT2D eigenvalue weighted by Gasteiger charge is 2.27. The molecule has 0 amide bonds. The zero-order chi connectivity index (χ0) is 27.2. The fraction of sp³-hybridized carbons (Fsp3) is 0.548. The molecule has 208 valence electrons. The zero-order valence-electron chi connectivity index (χ0n) is 22.7. The Bertz CT molecular complexity index is 967. The van der Waals surface area contributed by atoms with Gasteiger partial charge in [-0.15, -0.1) is 0 Å². The van der Waals surface area contributed by atoms with E-state index in [2.05, 4.69) is 6.92 Å². The van der Waals surface area contributed by atoms with Crippen LogP contribution in [0.1, 0.15) is 88.4 Å². The first kappa shape index (κ1) is 29.5. The van der Waals surface area contributed by atoms with Crippen LogP contribution in [0.4, 0.5) is 4.39 Å². The molecule has 0 unspecified atom stereocenters. The average Bonchev–Trinajstić information content (AvgIpc) is 2.94. The summed E-state index contributed by atoms with van der Waals surface area (Å²) in [7, 11) is 0. The molecule has 0 aromatic heterocycles. The highest BCUT2D eigenvalue weighted by atomic mass is 19.1. The quantitative estimate of drug-likeness (QED) is 0.136. The van der Waals surface area contributed by atoms with E-state index in [1.54, 1.807) is 48.5 Å². The average molecular weight is 529 g/mol. The minimum absolute atomic E-state index is 0.206. The van der Waals surface area contributed by atoms with E-state index in [0.29, 0.717) is 42.6 Å². The molecule has 1 fully saturated rings. The maximum Gasteiger partial charge on any atom is 0.343 e. The summed E-state index contributed by atoms with van der Waals surface area (Å²) in [6.07, 6.45) is 6.52. The molecular weight excluding hydrogens is 487 g/mol. The third kappa shape index (κ3) is 9.99. The standard InChI is InChI=1S/C31H41FO6/c1-3-5-7-21-35-25-15-11-24(12-16-25)30(33)37-28-19-17-26(18-20-28)36-22-23-9-13-27(14-10-23)38-31(34)29(32)8-6-4-2/h11-12,15-20,23,27,29H,3-10,13-14,21-22H2,1-2H3/t23?,27?,29-/m0/s1. The van der Waals surface area contributed by atoms with Crippen molar-refractivity contribution in [1.82, 2.24) is 0 Å². The molecule has 0 N–H and O–H groups in total. The number of halogens is 1. The van der Waals surface area contributed by atoms with E-state index < -0.39 is 18.1 Å². The largest absolute Gasteiger partial charge is 0.494 e. The van der Waals surface area contributed by atoms with Gasteiger partial charge in [-0.25, -0.2) is 14.0 Å². The first-order valence-corrected chi connectivity index (χ1v) is 14.0. The summed E-state index contributed by atoms with van der Waals surface area (Å²) in [6, 6.07) is 13.9. The van der Waals surface area contributed by atoms with Crippen LogP contribution in [-0.2, 0) is 9.53 Å². The topological polar surface area (TPSA) is 71.1 Å². The van der Waals surface area contributed by atoms with Crippen molar-refractivity contribution in [3.63, 3.8) is 0 Å². The molecule has 0 spiro atoms. The molecule has 0 radical (unpaired) electrons. The molecule has 1 saturated carbocycles. The maximum absolute atomic E-state index is 13.9. The fourth-order valence-corrected chi connectivity index (χ4v) is 4.37. The van der Waals surface area contributed by atoms with Gasteiger partial charge in [0.15, 0.2) is 6.17 Å². The highest BCUT2D eigenvalue weighted by molar-refractivity contribution is 5.91. The molecule has 7 heteroatoms. The van der Waals surface area contributed by atoms with Gasteiger partial charge < -0.3 is 18.9 Å². The smallest absolute Gasteiger partial charge is 0.343 e. The summed E-state index contributed by atoms with van der Waals surface area (Å²) in [4.78, 5) is 24.4. The number of benzene rings is 2. The van der Waals surface area contributed by atoms with Crippen molar-refractivity contribution in [3.05, 3.63) is 54.1 Å². The van der Waals surface area contributed by atoms with Crippen molar-refractivity contribution < 1.29 is 32.9 Å². The second kappa shape index (κ2) is 16.0. The summed E-state index contributed by atoms with van der Waals surface area (Å²) in [5, 5.41) is 0. The third-order valence-electron chi connectivity index (χ3n) is 6.77. The van der Waals surface area contributed by atoms with Gasteiger partial charge in [0.2, 0.25) is 0 Å². The Kier molecular flexibility index (Phi) is 12.4. The van der Waals surface area contributed by atoms with Crippen molar-refractivity contribution >= 4 is 11.9 Å². The van der Waals surface area contributed by atoms with Crippen molar-refractivity contribution in [2.45, 2.75) is 90.3 Å². The maximum atomic E-state index is 13.9. The molecule has 1 atom stereocenters. The Morgan fingerprint density at radius 3 is 2.08 bits per heavy atom. The van der Waals surface area contributed by atoms with Gasteiger partial charge in [0.25, 0.3) is 0 Å². The van der Waals surface area contributed by atoms with Crippen LogP contribution in [0.3, 0.4) is 0 Å². The van der Waals surface area contributed by atoms with Crippen molar-refractivity contribution in [3.8, 4) is 17.2 Å². The Morgan fingerprint density at radius 1 is 0.816 bits per heavy atom. The first-order chi connectivity index (χ1) is 18.5. The van der Waals surface area contributed by atoms with Crippen LogP contribution < -0.4 is 14.2 Å². The molecule has 1 aliphatic rings.